The van der Waals surface area contributed by atoms with Crippen LogP contribution < -0.4 is 10.2 Å². The Balaban J connectivity index is 1.80. The number of fused-ring (bicyclic) bond motifs is 1. The minimum absolute atomic E-state index is 0.0261. The van der Waals surface area contributed by atoms with E-state index in [2.05, 4.69) is 16.3 Å². The van der Waals surface area contributed by atoms with Gasteiger partial charge in [0.1, 0.15) is 5.84 Å². The van der Waals surface area contributed by atoms with Crippen molar-refractivity contribution in [2.75, 3.05) is 38.3 Å². The summed E-state index contributed by atoms with van der Waals surface area (Å²) in [5.41, 5.74) is 3.38. The number of benzene rings is 2. The molecule has 0 radical (unpaired) electrons. The van der Waals surface area contributed by atoms with Crippen molar-refractivity contribution in [2.24, 2.45) is 10.4 Å². The molecule has 0 saturated carbocycles. The number of piperidine rings is 1. The van der Waals surface area contributed by atoms with Gasteiger partial charge in [-0.15, -0.1) is 0 Å². The smallest absolute Gasteiger partial charge is 0.110 e. The monoisotopic (exact) mass is 465 g/mol. The van der Waals surface area contributed by atoms with Crippen LogP contribution in [0.2, 0.25) is 15.1 Å². The molecule has 7 heteroatoms. The Morgan fingerprint density at radius 2 is 1.87 bits per heavy atom. The maximum absolute atomic E-state index is 6.41. The first kappa shape index (κ1) is 21.9. The molecule has 0 atom stereocenters. The number of ether oxygens (including phenoxy) is 1. The lowest BCUT2D eigenvalue weighted by Crippen LogP contribution is -2.54. The highest BCUT2D eigenvalue weighted by Gasteiger charge is 2.44. The molecule has 2 aromatic rings. The molecule has 1 N–H and O–H groups in total. The normalized spacial score (nSPS) is 19.3. The molecule has 30 heavy (non-hydrogen) atoms. The summed E-state index contributed by atoms with van der Waals surface area (Å²) in [6, 6.07) is 11.9. The van der Waals surface area contributed by atoms with Crippen LogP contribution in [0.4, 0.5) is 5.69 Å². The van der Waals surface area contributed by atoms with Crippen LogP contribution in [0, 0.1) is 5.41 Å². The Morgan fingerprint density at radius 1 is 1.10 bits per heavy atom. The fourth-order valence-electron chi connectivity index (χ4n) is 4.58. The zero-order valence-corrected chi connectivity index (χ0v) is 19.3. The van der Waals surface area contributed by atoms with Crippen LogP contribution in [0.3, 0.4) is 0 Å². The first-order chi connectivity index (χ1) is 14.5. The van der Waals surface area contributed by atoms with Crippen molar-refractivity contribution in [3.63, 3.8) is 0 Å². The summed E-state index contributed by atoms with van der Waals surface area (Å²) in [4.78, 5) is 7.47. The van der Waals surface area contributed by atoms with E-state index in [9.17, 15) is 0 Å². The van der Waals surface area contributed by atoms with Crippen LogP contribution in [0.5, 0.6) is 0 Å². The highest BCUT2D eigenvalue weighted by molar-refractivity contribution is 6.42. The Morgan fingerprint density at radius 3 is 2.60 bits per heavy atom. The second kappa shape index (κ2) is 9.46. The maximum Gasteiger partial charge on any atom is 0.110 e. The summed E-state index contributed by atoms with van der Waals surface area (Å²) < 4.78 is 5.43. The number of anilines is 1. The van der Waals surface area contributed by atoms with Gasteiger partial charge in [0.15, 0.2) is 0 Å². The summed E-state index contributed by atoms with van der Waals surface area (Å²) >= 11 is 19.0. The third kappa shape index (κ3) is 4.49. The predicted molar refractivity (Wildman–Crippen MR) is 127 cm³/mol. The zero-order valence-electron chi connectivity index (χ0n) is 17.1. The summed E-state index contributed by atoms with van der Waals surface area (Å²) in [6.45, 7) is 3.86. The molecule has 0 aliphatic carbocycles. The average molecular weight is 467 g/mol. The molecule has 0 aromatic heterocycles. The van der Waals surface area contributed by atoms with Gasteiger partial charge in [0.05, 0.1) is 23.2 Å². The molecule has 1 spiro atoms. The topological polar surface area (TPSA) is 36.9 Å². The first-order valence-electron chi connectivity index (χ1n) is 10.3. The molecule has 4 nitrogen and oxygen atoms in total. The highest BCUT2D eigenvalue weighted by Crippen LogP contribution is 2.46. The van der Waals surface area contributed by atoms with Crippen molar-refractivity contribution in [1.29, 1.82) is 0 Å². The van der Waals surface area contributed by atoms with E-state index in [1.807, 2.05) is 30.3 Å². The molecular weight excluding hydrogens is 441 g/mol. The van der Waals surface area contributed by atoms with E-state index >= 15 is 0 Å². The molecule has 2 aromatic carbocycles. The highest BCUT2D eigenvalue weighted by atomic mass is 35.5. The van der Waals surface area contributed by atoms with Crippen molar-refractivity contribution in [3.05, 3.63) is 62.6 Å². The van der Waals surface area contributed by atoms with Gasteiger partial charge in [0.2, 0.25) is 0 Å². The molecular formula is C23H26Cl3N3O. The maximum atomic E-state index is 6.41. The number of halogens is 3. The van der Waals surface area contributed by atoms with Crippen molar-refractivity contribution >= 4 is 46.3 Å². The van der Waals surface area contributed by atoms with E-state index < -0.39 is 0 Å². The van der Waals surface area contributed by atoms with E-state index in [1.165, 1.54) is 5.56 Å². The van der Waals surface area contributed by atoms with Crippen LogP contribution in [0.1, 0.15) is 24.0 Å². The number of hydrogen-bond donors (Lipinski definition) is 1. The lowest BCUT2D eigenvalue weighted by molar-refractivity contribution is 0.205. The summed E-state index contributed by atoms with van der Waals surface area (Å²) in [5.74, 6) is 1.12. The largest absolute Gasteiger partial charge is 0.383 e. The van der Waals surface area contributed by atoms with E-state index in [4.69, 9.17) is 44.5 Å². The summed E-state index contributed by atoms with van der Waals surface area (Å²) in [7, 11) is 1.72. The third-order valence-electron chi connectivity index (χ3n) is 6.05. The van der Waals surface area contributed by atoms with Gasteiger partial charge in [-0.05, 0) is 67.7 Å². The van der Waals surface area contributed by atoms with Gasteiger partial charge in [-0.25, -0.2) is 0 Å². The Hall–Kier alpha value is -1.30. The van der Waals surface area contributed by atoms with Gasteiger partial charge in [0, 0.05) is 29.8 Å². The molecule has 2 aliphatic heterocycles. The van der Waals surface area contributed by atoms with Crippen LogP contribution in [0.15, 0.2) is 41.4 Å². The second-order valence-corrected chi connectivity index (χ2v) is 9.27. The fourth-order valence-corrected chi connectivity index (χ4v) is 5.14. The number of rotatable bonds is 5. The van der Waals surface area contributed by atoms with Crippen LogP contribution in [-0.2, 0) is 17.7 Å². The summed E-state index contributed by atoms with van der Waals surface area (Å²) in [5, 5.41) is 5.40. The lowest BCUT2D eigenvalue weighted by Gasteiger charge is -2.48. The Bertz CT molecular complexity index is 941. The standard InChI is InChI=1S/C23H26Cl3N3O/c1-30-10-9-29-21-13-20(26)19(25)12-17(21)14-23(5-7-27-8-6-23)22(29)28-15-16-3-2-4-18(24)11-16/h2-4,11-13,27H,5-10,14-15H2,1H3. The molecule has 2 aliphatic rings. The molecule has 0 bridgehead atoms. The van der Waals surface area contributed by atoms with Crippen molar-refractivity contribution in [2.45, 2.75) is 25.8 Å². The van der Waals surface area contributed by atoms with Gasteiger partial charge in [-0.3, -0.25) is 4.99 Å². The molecule has 1 saturated heterocycles. The predicted octanol–water partition coefficient (Wildman–Crippen LogP) is 5.62. The van der Waals surface area contributed by atoms with Gasteiger partial charge >= 0.3 is 0 Å². The number of amidine groups is 1. The first-order valence-corrected chi connectivity index (χ1v) is 11.4. The molecule has 2 heterocycles. The van der Waals surface area contributed by atoms with Gasteiger partial charge in [0.25, 0.3) is 0 Å². The molecule has 1 fully saturated rings. The van der Waals surface area contributed by atoms with Gasteiger partial charge in [-0.1, -0.05) is 46.9 Å². The minimum Gasteiger partial charge on any atom is -0.383 e. The lowest BCUT2D eigenvalue weighted by atomic mass is 9.70. The quantitative estimate of drug-likeness (QED) is 0.621. The van der Waals surface area contributed by atoms with Crippen molar-refractivity contribution in [3.8, 4) is 0 Å². The minimum atomic E-state index is -0.0261. The van der Waals surface area contributed by atoms with E-state index in [0.29, 0.717) is 29.7 Å². The van der Waals surface area contributed by atoms with Crippen molar-refractivity contribution < 1.29 is 4.74 Å². The van der Waals surface area contributed by atoms with Gasteiger partial charge < -0.3 is 15.0 Å². The van der Waals surface area contributed by atoms with E-state index in [0.717, 1.165) is 54.5 Å². The second-order valence-electron chi connectivity index (χ2n) is 8.02. The number of nitrogens with zero attached hydrogens (tertiary/aromatic N) is 2. The van der Waals surface area contributed by atoms with Crippen LogP contribution in [0.25, 0.3) is 0 Å². The van der Waals surface area contributed by atoms with Crippen molar-refractivity contribution in [1.82, 2.24) is 5.32 Å². The average Bonchev–Trinajstić information content (AvgIpc) is 2.73. The van der Waals surface area contributed by atoms with Gasteiger partial charge in [-0.2, -0.15) is 0 Å². The fraction of sp³-hybridized carbons (Fsp3) is 0.435. The molecule has 160 valence electrons. The van der Waals surface area contributed by atoms with Crippen LogP contribution >= 0.6 is 34.8 Å². The van der Waals surface area contributed by atoms with E-state index in [-0.39, 0.29) is 5.41 Å². The third-order valence-corrected chi connectivity index (χ3v) is 7.01. The molecule has 0 amide bonds. The number of methoxy groups -OCH3 is 1. The SMILES string of the molecule is COCCN1C(=NCc2cccc(Cl)c2)C2(CCNCC2)Cc2cc(Cl)c(Cl)cc21. The number of nitrogens with one attached hydrogen (secondary N) is 1. The summed E-state index contributed by atoms with van der Waals surface area (Å²) in [6.07, 6.45) is 2.98. The number of aliphatic imine (C=N–C) groups is 1. The number of hydrogen-bond acceptors (Lipinski definition) is 3. The Kier molecular flexibility index (Phi) is 6.91. The Labute approximate surface area is 193 Å². The van der Waals surface area contributed by atoms with E-state index in [1.54, 1.807) is 7.11 Å². The molecule has 0 unspecified atom stereocenters. The molecule has 4 rings (SSSR count). The van der Waals surface area contributed by atoms with Crippen LogP contribution in [-0.4, -0.2) is 39.2 Å². The zero-order chi connectivity index (χ0) is 21.1.